The summed E-state index contributed by atoms with van der Waals surface area (Å²) in [6.07, 6.45) is 0. The van der Waals surface area contributed by atoms with Crippen molar-refractivity contribution in [3.05, 3.63) is 35.6 Å². The van der Waals surface area contributed by atoms with Crippen LogP contribution < -0.4 is 0 Å². The van der Waals surface area contributed by atoms with Crippen molar-refractivity contribution in [1.29, 1.82) is 0 Å². The fourth-order valence-electron chi connectivity index (χ4n) is 2.56. The number of carbonyl (C=O) groups is 1. The van der Waals surface area contributed by atoms with Crippen LogP contribution in [0.3, 0.4) is 0 Å². The van der Waals surface area contributed by atoms with Crippen LogP contribution in [0.2, 0.25) is 0 Å². The summed E-state index contributed by atoms with van der Waals surface area (Å²) in [6, 6.07) is 6.63. The minimum Gasteiger partial charge on any atom is -0.325 e. The minimum atomic E-state index is -0.274. The molecule has 0 N–H and O–H groups in total. The lowest BCUT2D eigenvalue weighted by Gasteiger charge is -2.24. The van der Waals surface area contributed by atoms with Gasteiger partial charge in [0, 0.05) is 17.9 Å². The Morgan fingerprint density at radius 1 is 1.40 bits per heavy atom. The van der Waals surface area contributed by atoms with Crippen LogP contribution in [0, 0.1) is 5.82 Å². The zero-order valence-corrected chi connectivity index (χ0v) is 16.0. The fourth-order valence-corrected chi connectivity index (χ4v) is 4.80. The molecule has 0 radical (unpaired) electrons. The highest BCUT2D eigenvalue weighted by molar-refractivity contribution is 8.00. The second-order valence-corrected chi connectivity index (χ2v) is 8.80. The van der Waals surface area contributed by atoms with E-state index < -0.39 is 0 Å². The highest BCUT2D eigenvalue weighted by Gasteiger charge is 2.32. The molecule has 0 aliphatic carbocycles. The molecule has 1 atom stereocenters. The van der Waals surface area contributed by atoms with Gasteiger partial charge in [0.25, 0.3) is 0 Å². The van der Waals surface area contributed by atoms with Gasteiger partial charge in [-0.05, 0) is 37.3 Å². The van der Waals surface area contributed by atoms with Gasteiger partial charge in [0.1, 0.15) is 11.2 Å². The lowest BCUT2D eigenvalue weighted by molar-refractivity contribution is -0.128. The number of hydrogen-bond acceptors (Lipinski definition) is 6. The van der Waals surface area contributed by atoms with Gasteiger partial charge in [0.05, 0.1) is 11.3 Å². The molecule has 0 bridgehead atoms. The smallest absolute Gasteiger partial charge is 0.234 e. The van der Waals surface area contributed by atoms with Crippen LogP contribution in [0.15, 0.2) is 29.4 Å². The van der Waals surface area contributed by atoms with Crippen molar-refractivity contribution in [2.75, 3.05) is 18.1 Å². The molecular weight excluding hydrogens is 361 g/mol. The summed E-state index contributed by atoms with van der Waals surface area (Å²) in [6.45, 7) is 6.62. The third kappa shape index (κ3) is 3.98. The van der Waals surface area contributed by atoms with Gasteiger partial charge in [-0.2, -0.15) is 0 Å². The Hall–Kier alpha value is -1.61. The van der Waals surface area contributed by atoms with E-state index in [4.69, 9.17) is 0 Å². The van der Waals surface area contributed by atoms with Gasteiger partial charge < -0.3 is 4.90 Å². The molecule has 2 aromatic rings. The Bertz CT molecular complexity index is 761. The Labute approximate surface area is 154 Å². The van der Waals surface area contributed by atoms with Gasteiger partial charge in [-0.1, -0.05) is 30.0 Å². The predicted molar refractivity (Wildman–Crippen MR) is 96.8 cm³/mol. The number of tetrazole rings is 1. The summed E-state index contributed by atoms with van der Waals surface area (Å²) >= 11 is 2.90. The average molecular weight is 382 g/mol. The monoisotopic (exact) mass is 381 g/mol. The van der Waals surface area contributed by atoms with Crippen molar-refractivity contribution < 1.29 is 9.18 Å². The summed E-state index contributed by atoms with van der Waals surface area (Å²) in [4.78, 5) is 14.4. The lowest BCUT2D eigenvalue weighted by Crippen LogP contribution is -2.32. The predicted octanol–water partition coefficient (Wildman–Crippen LogP) is 2.93. The molecule has 1 fully saturated rings. The van der Waals surface area contributed by atoms with E-state index in [0.717, 1.165) is 5.75 Å². The normalized spacial score (nSPS) is 17.9. The number of halogens is 1. The van der Waals surface area contributed by atoms with E-state index in [1.165, 1.54) is 17.8 Å². The van der Waals surface area contributed by atoms with Gasteiger partial charge in [-0.3, -0.25) is 4.79 Å². The molecule has 9 heteroatoms. The van der Waals surface area contributed by atoms with Crippen molar-refractivity contribution in [2.45, 2.75) is 36.8 Å². The summed E-state index contributed by atoms with van der Waals surface area (Å²) in [5.41, 5.74) is 0.302. The molecular formula is C16H20FN5OS2. The molecule has 0 unspecified atom stereocenters. The first-order valence-corrected chi connectivity index (χ1v) is 9.98. The van der Waals surface area contributed by atoms with Crippen LogP contribution in [-0.2, 0) is 10.3 Å². The molecule has 1 aromatic carbocycles. The Kier molecular flexibility index (Phi) is 5.33. The van der Waals surface area contributed by atoms with Crippen molar-refractivity contribution in [1.82, 2.24) is 25.1 Å². The molecule has 1 amide bonds. The van der Waals surface area contributed by atoms with Crippen molar-refractivity contribution in [3.8, 4) is 0 Å². The SMILES string of the molecule is CC(C)(C)n1nnnc1SCC(=O)N1CCS[C@H]1c1ccccc1F. The Morgan fingerprint density at radius 2 is 2.16 bits per heavy atom. The zero-order chi connectivity index (χ0) is 18.0. The maximum Gasteiger partial charge on any atom is 0.234 e. The topological polar surface area (TPSA) is 63.9 Å². The molecule has 2 heterocycles. The molecule has 0 spiro atoms. The highest BCUT2D eigenvalue weighted by Crippen LogP contribution is 2.39. The number of thioether (sulfide) groups is 2. The number of amides is 1. The molecule has 6 nitrogen and oxygen atoms in total. The first-order chi connectivity index (χ1) is 11.9. The van der Waals surface area contributed by atoms with E-state index in [2.05, 4.69) is 15.5 Å². The van der Waals surface area contributed by atoms with Gasteiger partial charge in [-0.25, -0.2) is 9.07 Å². The molecule has 1 saturated heterocycles. The quantitative estimate of drug-likeness (QED) is 0.759. The van der Waals surface area contributed by atoms with Crippen LogP contribution in [0.4, 0.5) is 4.39 Å². The first kappa shape index (κ1) is 18.2. The summed E-state index contributed by atoms with van der Waals surface area (Å²) in [5.74, 6) is 0.715. The molecule has 25 heavy (non-hydrogen) atoms. The molecule has 1 aliphatic rings. The third-order valence-corrected chi connectivity index (χ3v) is 5.93. The second-order valence-electron chi connectivity index (χ2n) is 6.66. The standard InChI is InChI=1S/C16H20FN5OS2/c1-16(2,3)22-15(18-19-20-22)25-10-13(23)21-8-9-24-14(21)11-6-4-5-7-12(11)17/h4-7,14H,8-10H2,1-3H3/t14-/m0/s1. The van der Waals surface area contributed by atoms with Gasteiger partial charge in [-0.15, -0.1) is 16.9 Å². The van der Waals surface area contributed by atoms with Gasteiger partial charge >= 0.3 is 0 Å². The van der Waals surface area contributed by atoms with Gasteiger partial charge in [0.2, 0.25) is 11.1 Å². The van der Waals surface area contributed by atoms with E-state index >= 15 is 0 Å². The van der Waals surface area contributed by atoms with E-state index in [0.29, 0.717) is 17.3 Å². The molecule has 1 aromatic heterocycles. The summed E-state index contributed by atoms with van der Waals surface area (Å²) in [7, 11) is 0. The zero-order valence-electron chi connectivity index (χ0n) is 14.3. The van der Waals surface area contributed by atoms with Crippen LogP contribution in [0.25, 0.3) is 0 Å². The minimum absolute atomic E-state index is 0.0355. The van der Waals surface area contributed by atoms with E-state index in [1.807, 2.05) is 20.8 Å². The average Bonchev–Trinajstić information content (AvgIpc) is 3.21. The number of aromatic nitrogens is 4. The van der Waals surface area contributed by atoms with Crippen molar-refractivity contribution in [3.63, 3.8) is 0 Å². The highest BCUT2D eigenvalue weighted by atomic mass is 32.2. The maximum absolute atomic E-state index is 14.1. The van der Waals surface area contributed by atoms with Gasteiger partial charge in [0.15, 0.2) is 0 Å². The Balaban J connectivity index is 1.69. The van der Waals surface area contributed by atoms with Crippen LogP contribution in [0.5, 0.6) is 0 Å². The van der Waals surface area contributed by atoms with Crippen LogP contribution >= 0.6 is 23.5 Å². The Morgan fingerprint density at radius 3 is 2.88 bits per heavy atom. The van der Waals surface area contributed by atoms with Crippen LogP contribution in [-0.4, -0.2) is 49.1 Å². The lowest BCUT2D eigenvalue weighted by atomic mass is 10.1. The largest absolute Gasteiger partial charge is 0.325 e. The number of carbonyl (C=O) groups excluding carboxylic acids is 1. The number of hydrogen-bond donors (Lipinski definition) is 0. The van der Waals surface area contributed by atoms with Crippen LogP contribution in [0.1, 0.15) is 31.7 Å². The second kappa shape index (κ2) is 7.33. The van der Waals surface area contributed by atoms with E-state index in [9.17, 15) is 9.18 Å². The number of nitrogens with zero attached hydrogens (tertiary/aromatic N) is 5. The number of rotatable bonds is 4. The fraction of sp³-hybridized carbons (Fsp3) is 0.500. The van der Waals surface area contributed by atoms with E-state index in [1.54, 1.807) is 39.5 Å². The molecule has 1 aliphatic heterocycles. The van der Waals surface area contributed by atoms with E-state index in [-0.39, 0.29) is 28.4 Å². The maximum atomic E-state index is 14.1. The van der Waals surface area contributed by atoms with Crippen molar-refractivity contribution >= 4 is 29.4 Å². The third-order valence-electron chi connectivity index (χ3n) is 3.78. The van der Waals surface area contributed by atoms with Crippen molar-refractivity contribution in [2.24, 2.45) is 0 Å². The molecule has 3 rings (SSSR count). The first-order valence-electron chi connectivity index (χ1n) is 7.95. The number of benzene rings is 1. The summed E-state index contributed by atoms with van der Waals surface area (Å²) in [5, 5.41) is 12.0. The summed E-state index contributed by atoms with van der Waals surface area (Å²) < 4.78 is 15.8. The molecule has 0 saturated carbocycles. The molecule has 134 valence electrons.